The summed E-state index contributed by atoms with van der Waals surface area (Å²) in [5.41, 5.74) is 7.00. The number of nitrogens with two attached hydrogens (primary N) is 1. The monoisotopic (exact) mass is 467 g/mol. The highest BCUT2D eigenvalue weighted by Gasteiger charge is 2.16. The van der Waals surface area contributed by atoms with Gasteiger partial charge >= 0.3 is 0 Å². The minimum atomic E-state index is 0. The normalized spacial score (nSPS) is 14.1. The summed E-state index contributed by atoms with van der Waals surface area (Å²) in [6.45, 7) is 1.49. The van der Waals surface area contributed by atoms with Crippen molar-refractivity contribution in [2.75, 3.05) is 13.7 Å². The van der Waals surface area contributed by atoms with Gasteiger partial charge in [-0.25, -0.2) is 4.99 Å². The van der Waals surface area contributed by atoms with Gasteiger partial charge < -0.3 is 20.5 Å². The predicted molar refractivity (Wildman–Crippen MR) is 116 cm³/mol. The first kappa shape index (κ1) is 20.4. The molecule has 0 amide bonds. The van der Waals surface area contributed by atoms with Crippen LogP contribution < -0.4 is 20.5 Å². The third kappa shape index (κ3) is 5.79. The Labute approximate surface area is 172 Å². The molecule has 3 N–H and O–H groups in total. The van der Waals surface area contributed by atoms with E-state index in [-0.39, 0.29) is 24.0 Å². The molecule has 26 heavy (non-hydrogen) atoms. The largest absolute Gasteiger partial charge is 0.493 e. The number of methoxy groups -OCH3 is 1. The van der Waals surface area contributed by atoms with E-state index in [2.05, 4.69) is 10.3 Å². The molecular weight excluding hydrogens is 441 g/mol. The Morgan fingerprint density at radius 2 is 1.81 bits per heavy atom. The van der Waals surface area contributed by atoms with Gasteiger partial charge in [-0.15, -0.1) is 24.0 Å². The van der Waals surface area contributed by atoms with Crippen LogP contribution in [0, 0.1) is 5.92 Å². The van der Waals surface area contributed by atoms with Gasteiger partial charge in [-0.05, 0) is 48.6 Å². The molecule has 0 unspecified atom stereocenters. The smallest absolute Gasteiger partial charge is 0.188 e. The van der Waals surface area contributed by atoms with Gasteiger partial charge in [0, 0.05) is 6.54 Å². The lowest BCUT2D eigenvalue weighted by Crippen LogP contribution is -2.37. The molecule has 0 spiro atoms. The fourth-order valence-electron chi connectivity index (χ4n) is 2.67. The zero-order valence-corrected chi connectivity index (χ0v) is 17.3. The van der Waals surface area contributed by atoms with Crippen molar-refractivity contribution in [3.8, 4) is 17.2 Å². The van der Waals surface area contributed by atoms with Gasteiger partial charge in [0.15, 0.2) is 17.5 Å². The molecule has 0 bridgehead atoms. The van der Waals surface area contributed by atoms with Crippen molar-refractivity contribution in [3.05, 3.63) is 54.1 Å². The van der Waals surface area contributed by atoms with E-state index in [1.54, 1.807) is 7.11 Å². The minimum Gasteiger partial charge on any atom is -0.493 e. The highest BCUT2D eigenvalue weighted by molar-refractivity contribution is 14.0. The Kier molecular flexibility index (Phi) is 8.03. The van der Waals surface area contributed by atoms with Crippen LogP contribution in [0.3, 0.4) is 0 Å². The van der Waals surface area contributed by atoms with Crippen molar-refractivity contribution in [3.63, 3.8) is 0 Å². The highest BCUT2D eigenvalue weighted by Crippen LogP contribution is 2.30. The number of para-hydroxylation sites is 2. The average Bonchev–Trinajstić information content (AvgIpc) is 2.60. The van der Waals surface area contributed by atoms with E-state index in [1.807, 2.05) is 48.5 Å². The minimum absolute atomic E-state index is 0. The van der Waals surface area contributed by atoms with Crippen LogP contribution in [0.2, 0.25) is 0 Å². The number of benzene rings is 2. The molecule has 1 aliphatic rings. The van der Waals surface area contributed by atoms with Crippen LogP contribution in [0.1, 0.15) is 24.8 Å². The summed E-state index contributed by atoms with van der Waals surface area (Å²) in [7, 11) is 1.63. The first-order valence-corrected chi connectivity index (χ1v) is 8.68. The Balaban J connectivity index is 0.00000243. The molecule has 140 valence electrons. The zero-order valence-electron chi connectivity index (χ0n) is 15.0. The number of guanidine groups is 1. The molecule has 0 saturated heterocycles. The lowest BCUT2D eigenvalue weighted by atomic mass is 9.85. The number of nitrogens with zero attached hydrogens (tertiary/aromatic N) is 1. The van der Waals surface area contributed by atoms with Gasteiger partial charge in [-0.2, -0.15) is 0 Å². The lowest BCUT2D eigenvalue weighted by molar-refractivity contribution is 0.315. The van der Waals surface area contributed by atoms with E-state index in [4.69, 9.17) is 15.2 Å². The molecular formula is C20H26IN3O2. The average molecular weight is 467 g/mol. The van der Waals surface area contributed by atoms with Crippen LogP contribution in [0.15, 0.2) is 53.5 Å². The summed E-state index contributed by atoms with van der Waals surface area (Å²) in [5, 5.41) is 3.20. The maximum Gasteiger partial charge on any atom is 0.188 e. The first-order valence-electron chi connectivity index (χ1n) is 8.68. The van der Waals surface area contributed by atoms with Crippen molar-refractivity contribution in [1.82, 2.24) is 5.32 Å². The predicted octanol–water partition coefficient (Wildman–Crippen LogP) is 4.31. The number of nitrogens with one attached hydrogen (secondary N) is 1. The van der Waals surface area contributed by atoms with E-state index < -0.39 is 0 Å². The molecule has 1 fully saturated rings. The summed E-state index contributed by atoms with van der Waals surface area (Å²) in [6.07, 6.45) is 3.94. The van der Waals surface area contributed by atoms with Crippen LogP contribution in [0.5, 0.6) is 17.2 Å². The van der Waals surface area contributed by atoms with Crippen molar-refractivity contribution in [2.45, 2.75) is 25.8 Å². The third-order valence-corrected chi connectivity index (χ3v) is 4.45. The van der Waals surface area contributed by atoms with Gasteiger partial charge in [0.05, 0.1) is 13.7 Å². The molecule has 2 aromatic carbocycles. The molecule has 1 saturated carbocycles. The van der Waals surface area contributed by atoms with E-state index in [9.17, 15) is 0 Å². The lowest BCUT2D eigenvalue weighted by Gasteiger charge is -2.25. The van der Waals surface area contributed by atoms with Crippen molar-refractivity contribution < 1.29 is 9.47 Å². The van der Waals surface area contributed by atoms with Gasteiger partial charge in [-0.3, -0.25) is 0 Å². The standard InChI is InChI=1S/C20H25N3O2.HI/c1-24-18-7-2-3-8-19(18)25-17-11-9-16(10-12-17)14-23-20(21)22-13-15-5-4-6-15;/h2-3,7-12,15H,4-6,13-14H2,1H3,(H3,21,22,23);1H. The maximum atomic E-state index is 5.91. The van der Waals surface area contributed by atoms with Crippen molar-refractivity contribution in [1.29, 1.82) is 0 Å². The third-order valence-electron chi connectivity index (χ3n) is 4.45. The molecule has 0 radical (unpaired) electrons. The molecule has 2 aromatic rings. The van der Waals surface area contributed by atoms with E-state index in [0.29, 0.717) is 24.0 Å². The Morgan fingerprint density at radius 3 is 2.42 bits per heavy atom. The molecule has 3 rings (SSSR count). The number of hydrogen-bond acceptors (Lipinski definition) is 3. The number of halogens is 1. The van der Waals surface area contributed by atoms with Crippen LogP contribution in [0.4, 0.5) is 0 Å². The van der Waals surface area contributed by atoms with Crippen molar-refractivity contribution >= 4 is 29.9 Å². The van der Waals surface area contributed by atoms with Crippen LogP contribution >= 0.6 is 24.0 Å². The van der Waals surface area contributed by atoms with Crippen LogP contribution in [-0.2, 0) is 6.54 Å². The molecule has 0 aliphatic heterocycles. The van der Waals surface area contributed by atoms with Crippen molar-refractivity contribution in [2.24, 2.45) is 16.6 Å². The van der Waals surface area contributed by atoms with Gasteiger partial charge in [-0.1, -0.05) is 30.7 Å². The van der Waals surface area contributed by atoms with Crippen LogP contribution in [-0.4, -0.2) is 19.6 Å². The highest BCUT2D eigenvalue weighted by atomic mass is 127. The fraction of sp³-hybridized carbons (Fsp3) is 0.350. The SMILES string of the molecule is COc1ccccc1Oc1ccc(CN=C(N)NCC2CCC2)cc1.I. The molecule has 0 aromatic heterocycles. The van der Waals surface area contributed by atoms with Gasteiger partial charge in [0.2, 0.25) is 0 Å². The molecule has 5 nitrogen and oxygen atoms in total. The summed E-state index contributed by atoms with van der Waals surface area (Å²) in [4.78, 5) is 4.39. The molecule has 0 heterocycles. The molecule has 1 aliphatic carbocycles. The fourth-order valence-corrected chi connectivity index (χ4v) is 2.67. The summed E-state index contributed by atoms with van der Waals surface area (Å²) >= 11 is 0. The zero-order chi connectivity index (χ0) is 17.5. The van der Waals surface area contributed by atoms with Gasteiger partial charge in [0.25, 0.3) is 0 Å². The summed E-state index contributed by atoms with van der Waals surface area (Å²) in [6, 6.07) is 15.4. The Hall–Kier alpha value is -1.96. The second-order valence-electron chi connectivity index (χ2n) is 6.28. The number of aliphatic imine (C=N–C) groups is 1. The number of hydrogen-bond donors (Lipinski definition) is 2. The second-order valence-corrected chi connectivity index (χ2v) is 6.28. The quantitative estimate of drug-likeness (QED) is 0.362. The van der Waals surface area contributed by atoms with Crippen LogP contribution in [0.25, 0.3) is 0 Å². The first-order chi connectivity index (χ1) is 12.2. The number of rotatable bonds is 7. The van der Waals surface area contributed by atoms with E-state index >= 15 is 0 Å². The number of ether oxygens (including phenoxy) is 2. The summed E-state index contributed by atoms with van der Waals surface area (Å²) < 4.78 is 11.2. The second kappa shape index (κ2) is 10.3. The summed E-state index contributed by atoms with van der Waals surface area (Å²) in [5.74, 6) is 3.44. The molecule has 6 heteroatoms. The topological polar surface area (TPSA) is 68.9 Å². The van der Waals surface area contributed by atoms with E-state index in [0.717, 1.165) is 23.8 Å². The Bertz CT molecular complexity index is 715. The molecule has 0 atom stereocenters. The van der Waals surface area contributed by atoms with Gasteiger partial charge in [0.1, 0.15) is 5.75 Å². The Morgan fingerprint density at radius 1 is 1.12 bits per heavy atom. The maximum absolute atomic E-state index is 5.91. The van der Waals surface area contributed by atoms with E-state index in [1.165, 1.54) is 19.3 Å².